The third-order valence-corrected chi connectivity index (χ3v) is 6.68. The molecule has 0 unspecified atom stereocenters. The summed E-state index contributed by atoms with van der Waals surface area (Å²) in [5, 5.41) is 2.79. The van der Waals surface area contributed by atoms with Crippen LogP contribution in [0.2, 0.25) is 4.34 Å². The summed E-state index contributed by atoms with van der Waals surface area (Å²) in [6.07, 6.45) is 1.82. The Hall–Kier alpha value is -0.860. The number of amides is 1. The molecular formula is C15H17Cl2N3O2S2. The SMILES string of the molecule is Cl.O=C(Nc1ncsc1-c1ccc(Cl)s1)O[C@H]1CN2CCC1CC2. The van der Waals surface area contributed by atoms with Crippen LogP contribution in [0.4, 0.5) is 10.6 Å². The van der Waals surface area contributed by atoms with Crippen LogP contribution in [0.5, 0.6) is 0 Å². The summed E-state index contributed by atoms with van der Waals surface area (Å²) in [6, 6.07) is 3.78. The zero-order valence-electron chi connectivity index (χ0n) is 12.7. The molecule has 130 valence electrons. The van der Waals surface area contributed by atoms with Crippen molar-refractivity contribution < 1.29 is 9.53 Å². The van der Waals surface area contributed by atoms with E-state index >= 15 is 0 Å². The lowest BCUT2D eigenvalue weighted by Gasteiger charge is -2.43. The molecule has 5 rings (SSSR count). The number of ether oxygens (including phenoxy) is 1. The number of fused-ring (bicyclic) bond motifs is 3. The molecule has 1 amide bonds. The molecule has 2 aromatic heterocycles. The minimum Gasteiger partial charge on any atom is -0.444 e. The lowest BCUT2D eigenvalue weighted by Crippen LogP contribution is -2.52. The number of thiazole rings is 1. The van der Waals surface area contributed by atoms with Gasteiger partial charge in [0, 0.05) is 11.4 Å². The number of thiophene rings is 1. The molecule has 9 heteroatoms. The number of piperidine rings is 3. The van der Waals surface area contributed by atoms with Gasteiger partial charge in [-0.3, -0.25) is 10.2 Å². The van der Waals surface area contributed by atoms with Crippen LogP contribution in [-0.2, 0) is 4.74 Å². The average molecular weight is 406 g/mol. The number of aromatic nitrogens is 1. The zero-order chi connectivity index (χ0) is 15.8. The lowest BCUT2D eigenvalue weighted by atomic mass is 9.86. The van der Waals surface area contributed by atoms with E-state index in [-0.39, 0.29) is 18.5 Å². The van der Waals surface area contributed by atoms with Crippen LogP contribution in [0.15, 0.2) is 17.6 Å². The molecule has 0 radical (unpaired) electrons. The molecule has 24 heavy (non-hydrogen) atoms. The molecule has 1 N–H and O–H groups in total. The summed E-state index contributed by atoms with van der Waals surface area (Å²) in [5.41, 5.74) is 1.72. The van der Waals surface area contributed by atoms with E-state index in [1.165, 1.54) is 22.7 Å². The van der Waals surface area contributed by atoms with E-state index in [2.05, 4.69) is 15.2 Å². The molecule has 2 bridgehead atoms. The fourth-order valence-electron chi connectivity index (χ4n) is 3.25. The molecule has 5 nitrogen and oxygen atoms in total. The van der Waals surface area contributed by atoms with Gasteiger partial charge in [0.25, 0.3) is 0 Å². The Bertz CT molecular complexity index is 713. The second-order valence-electron chi connectivity index (χ2n) is 5.84. The van der Waals surface area contributed by atoms with Gasteiger partial charge in [0.05, 0.1) is 14.7 Å². The van der Waals surface area contributed by atoms with Gasteiger partial charge in [-0.1, -0.05) is 11.6 Å². The van der Waals surface area contributed by atoms with Gasteiger partial charge >= 0.3 is 6.09 Å². The van der Waals surface area contributed by atoms with Crippen molar-refractivity contribution in [2.75, 3.05) is 25.0 Å². The van der Waals surface area contributed by atoms with E-state index in [0.717, 1.165) is 42.2 Å². The highest BCUT2D eigenvalue weighted by atomic mass is 35.5. The number of anilines is 1. The van der Waals surface area contributed by atoms with Crippen molar-refractivity contribution in [2.45, 2.75) is 18.9 Å². The van der Waals surface area contributed by atoms with Gasteiger partial charge in [-0.2, -0.15) is 0 Å². The second-order valence-corrected chi connectivity index (χ2v) is 8.41. The van der Waals surface area contributed by atoms with Crippen LogP contribution in [0.1, 0.15) is 12.8 Å². The first kappa shape index (κ1) is 17.9. The van der Waals surface area contributed by atoms with E-state index in [4.69, 9.17) is 16.3 Å². The number of hydrogen-bond donors (Lipinski definition) is 1. The normalized spacial score (nSPS) is 25.1. The third-order valence-electron chi connectivity index (χ3n) is 4.44. The Morgan fingerprint density at radius 3 is 2.79 bits per heavy atom. The number of hydrogen-bond acceptors (Lipinski definition) is 6. The van der Waals surface area contributed by atoms with Gasteiger partial charge in [0.15, 0.2) is 5.82 Å². The summed E-state index contributed by atoms with van der Waals surface area (Å²) in [4.78, 5) is 20.7. The molecule has 2 aromatic rings. The fraction of sp³-hybridized carbons (Fsp3) is 0.467. The molecule has 0 saturated carbocycles. The Balaban J connectivity index is 0.00000169. The molecular weight excluding hydrogens is 389 g/mol. The number of halogens is 2. The number of rotatable bonds is 3. The first-order valence-corrected chi connectivity index (χ1v) is 9.65. The molecule has 3 fully saturated rings. The minimum absolute atomic E-state index is 0. The number of nitrogens with one attached hydrogen (secondary N) is 1. The summed E-state index contributed by atoms with van der Waals surface area (Å²) in [6.45, 7) is 3.10. The number of carbonyl (C=O) groups excluding carboxylic acids is 1. The van der Waals surface area contributed by atoms with Gasteiger partial charge in [-0.05, 0) is 44.0 Å². The Morgan fingerprint density at radius 1 is 1.38 bits per heavy atom. The van der Waals surface area contributed by atoms with E-state index < -0.39 is 6.09 Å². The predicted octanol–water partition coefficient (Wildman–Crippen LogP) is 4.59. The van der Waals surface area contributed by atoms with E-state index in [1.807, 2.05) is 12.1 Å². The Labute approximate surface area is 159 Å². The maximum atomic E-state index is 12.2. The highest BCUT2D eigenvalue weighted by Crippen LogP contribution is 2.38. The van der Waals surface area contributed by atoms with Crippen molar-refractivity contribution in [2.24, 2.45) is 5.92 Å². The van der Waals surface area contributed by atoms with Crippen molar-refractivity contribution in [3.8, 4) is 9.75 Å². The number of carbonyl (C=O) groups is 1. The fourth-order valence-corrected chi connectivity index (χ4v) is 5.17. The lowest BCUT2D eigenvalue weighted by molar-refractivity contribution is -0.0290. The maximum Gasteiger partial charge on any atom is 0.413 e. The largest absolute Gasteiger partial charge is 0.444 e. The van der Waals surface area contributed by atoms with E-state index in [0.29, 0.717) is 16.1 Å². The molecule has 3 saturated heterocycles. The van der Waals surface area contributed by atoms with Crippen LogP contribution in [0, 0.1) is 5.92 Å². The molecule has 3 aliphatic rings. The van der Waals surface area contributed by atoms with Gasteiger partial charge < -0.3 is 4.74 Å². The third kappa shape index (κ3) is 3.70. The quantitative estimate of drug-likeness (QED) is 0.810. The van der Waals surface area contributed by atoms with Crippen molar-refractivity contribution in [1.29, 1.82) is 0 Å². The van der Waals surface area contributed by atoms with Gasteiger partial charge in [0.2, 0.25) is 0 Å². The summed E-state index contributed by atoms with van der Waals surface area (Å²) < 4.78 is 6.36. The first-order valence-electron chi connectivity index (χ1n) is 7.58. The molecule has 0 spiro atoms. The van der Waals surface area contributed by atoms with Crippen molar-refractivity contribution in [1.82, 2.24) is 9.88 Å². The maximum absolute atomic E-state index is 12.2. The average Bonchev–Trinajstić information content (AvgIpc) is 3.17. The van der Waals surface area contributed by atoms with E-state index in [9.17, 15) is 4.79 Å². The minimum atomic E-state index is -0.418. The molecule has 1 atom stereocenters. The molecule has 0 aromatic carbocycles. The van der Waals surface area contributed by atoms with Crippen molar-refractivity contribution >= 4 is 58.6 Å². The Kier molecular flexibility index (Phi) is 5.66. The van der Waals surface area contributed by atoms with Crippen LogP contribution in [0.3, 0.4) is 0 Å². The van der Waals surface area contributed by atoms with Crippen LogP contribution < -0.4 is 5.32 Å². The molecule has 3 aliphatic heterocycles. The van der Waals surface area contributed by atoms with Crippen molar-refractivity contribution in [3.05, 3.63) is 22.0 Å². The highest BCUT2D eigenvalue weighted by Gasteiger charge is 2.36. The van der Waals surface area contributed by atoms with Crippen LogP contribution >= 0.6 is 46.7 Å². The van der Waals surface area contributed by atoms with Gasteiger partial charge in [-0.15, -0.1) is 35.1 Å². The van der Waals surface area contributed by atoms with Crippen LogP contribution in [0.25, 0.3) is 9.75 Å². The number of nitrogens with zero attached hydrogens (tertiary/aromatic N) is 2. The zero-order valence-corrected chi connectivity index (χ0v) is 15.9. The topological polar surface area (TPSA) is 54.5 Å². The van der Waals surface area contributed by atoms with Crippen molar-refractivity contribution in [3.63, 3.8) is 0 Å². The summed E-state index contributed by atoms with van der Waals surface area (Å²) in [7, 11) is 0. The van der Waals surface area contributed by atoms with Gasteiger partial charge in [0.1, 0.15) is 6.10 Å². The molecule has 5 heterocycles. The monoisotopic (exact) mass is 405 g/mol. The van der Waals surface area contributed by atoms with E-state index in [1.54, 1.807) is 5.51 Å². The standard InChI is InChI=1S/C15H16ClN3O2S2.ClH/c16-12-2-1-11(23-12)13-14(17-8-22-13)18-15(20)21-10-7-19-5-3-9(10)4-6-19;/h1-2,8-10H,3-7H2,(H,18,20);1H/t10-;/m0./s1. The molecule has 0 aliphatic carbocycles. The first-order chi connectivity index (χ1) is 11.2. The Morgan fingerprint density at radius 2 is 2.17 bits per heavy atom. The summed E-state index contributed by atoms with van der Waals surface area (Å²) in [5.74, 6) is 1.04. The predicted molar refractivity (Wildman–Crippen MR) is 101 cm³/mol. The summed E-state index contributed by atoms with van der Waals surface area (Å²) >= 11 is 8.93. The van der Waals surface area contributed by atoms with Crippen LogP contribution in [-0.4, -0.2) is 41.7 Å². The second kappa shape index (κ2) is 7.58. The van der Waals surface area contributed by atoms with Gasteiger partial charge in [-0.25, -0.2) is 9.78 Å². The smallest absolute Gasteiger partial charge is 0.413 e. The highest BCUT2D eigenvalue weighted by molar-refractivity contribution is 7.23.